The van der Waals surface area contributed by atoms with Crippen molar-refractivity contribution in [3.8, 4) is 0 Å². The Balaban J connectivity index is 1.85. The van der Waals surface area contributed by atoms with Crippen LogP contribution in [-0.2, 0) is 14.8 Å². The molecule has 3 rings (SSSR count). The van der Waals surface area contributed by atoms with Gasteiger partial charge in [-0.3, -0.25) is 14.3 Å². The second kappa shape index (κ2) is 9.38. The molecule has 0 bridgehead atoms. The lowest BCUT2D eigenvalue weighted by Crippen LogP contribution is -2.16. The second-order valence-electron chi connectivity index (χ2n) is 6.45. The topological polar surface area (TPSA) is 104 Å². The number of hydrogen-bond acceptors (Lipinski definition) is 4. The number of rotatable bonds is 6. The zero-order valence-corrected chi connectivity index (χ0v) is 18.5. The van der Waals surface area contributed by atoms with E-state index in [0.29, 0.717) is 5.69 Å². The van der Waals surface area contributed by atoms with E-state index in [1.165, 1.54) is 37.3 Å². The minimum atomic E-state index is -4.07. The molecule has 0 aliphatic heterocycles. The molecule has 160 valence electrons. The Morgan fingerprint density at radius 1 is 0.806 bits per heavy atom. The van der Waals surface area contributed by atoms with Gasteiger partial charge in [0.25, 0.3) is 15.9 Å². The van der Waals surface area contributed by atoms with Crippen LogP contribution in [-0.4, -0.2) is 20.2 Å². The maximum absolute atomic E-state index is 12.8. The summed E-state index contributed by atoms with van der Waals surface area (Å²) in [5.74, 6) is -0.756. The number of carbonyl (C=O) groups excluding carboxylic acids is 2. The molecule has 0 saturated carbocycles. The minimum Gasteiger partial charge on any atom is -0.326 e. The quantitative estimate of drug-likeness (QED) is 0.464. The fourth-order valence-electron chi connectivity index (χ4n) is 2.68. The highest BCUT2D eigenvalue weighted by Crippen LogP contribution is 2.29. The minimum absolute atomic E-state index is 0.0230. The van der Waals surface area contributed by atoms with Crippen molar-refractivity contribution in [3.63, 3.8) is 0 Å². The predicted molar refractivity (Wildman–Crippen MR) is 122 cm³/mol. The molecular weight excluding hydrogens is 461 g/mol. The van der Waals surface area contributed by atoms with Gasteiger partial charge in [0.2, 0.25) is 5.91 Å². The van der Waals surface area contributed by atoms with Crippen LogP contribution in [0.3, 0.4) is 0 Å². The van der Waals surface area contributed by atoms with Crippen LogP contribution in [0, 0.1) is 0 Å². The van der Waals surface area contributed by atoms with Gasteiger partial charge in [-0.15, -0.1) is 0 Å². The molecule has 2 amide bonds. The van der Waals surface area contributed by atoms with Gasteiger partial charge in [0, 0.05) is 23.9 Å². The molecule has 3 N–H and O–H groups in total. The van der Waals surface area contributed by atoms with Crippen LogP contribution < -0.4 is 15.4 Å². The zero-order valence-electron chi connectivity index (χ0n) is 16.1. The second-order valence-corrected chi connectivity index (χ2v) is 8.91. The van der Waals surface area contributed by atoms with Crippen molar-refractivity contribution in [3.05, 3.63) is 82.3 Å². The van der Waals surface area contributed by atoms with E-state index in [9.17, 15) is 18.0 Å². The Bertz CT molecular complexity index is 1260. The molecule has 0 aliphatic rings. The molecule has 3 aromatic carbocycles. The van der Waals surface area contributed by atoms with Crippen molar-refractivity contribution in [2.24, 2.45) is 0 Å². The summed E-state index contributed by atoms with van der Waals surface area (Å²) in [7, 11) is -4.07. The first-order valence-electron chi connectivity index (χ1n) is 8.91. The number of anilines is 3. The van der Waals surface area contributed by atoms with Crippen LogP contribution in [0.4, 0.5) is 17.1 Å². The third-order valence-corrected chi connectivity index (χ3v) is 6.22. The first-order chi connectivity index (χ1) is 14.7. The Hall–Kier alpha value is -3.07. The van der Waals surface area contributed by atoms with Gasteiger partial charge in [-0.1, -0.05) is 41.4 Å². The number of para-hydroxylation sites is 1. The van der Waals surface area contributed by atoms with E-state index in [0.717, 1.165) is 0 Å². The van der Waals surface area contributed by atoms with Crippen molar-refractivity contribution >= 4 is 62.1 Å². The summed E-state index contributed by atoms with van der Waals surface area (Å²) in [6.07, 6.45) is 0. The van der Waals surface area contributed by atoms with Crippen LogP contribution in [0.25, 0.3) is 0 Å². The summed E-state index contributed by atoms with van der Waals surface area (Å²) in [6, 6.07) is 16.8. The highest BCUT2D eigenvalue weighted by atomic mass is 35.5. The molecule has 0 atom stereocenters. The van der Waals surface area contributed by atoms with Crippen molar-refractivity contribution in [2.75, 3.05) is 15.4 Å². The highest BCUT2D eigenvalue weighted by Gasteiger charge is 2.20. The van der Waals surface area contributed by atoms with Crippen molar-refractivity contribution in [1.82, 2.24) is 0 Å². The lowest BCUT2D eigenvalue weighted by atomic mass is 10.2. The lowest BCUT2D eigenvalue weighted by Gasteiger charge is -2.13. The van der Waals surface area contributed by atoms with Crippen molar-refractivity contribution < 1.29 is 18.0 Å². The molecule has 0 aliphatic carbocycles. The van der Waals surface area contributed by atoms with Gasteiger partial charge < -0.3 is 10.6 Å². The number of carbonyl (C=O) groups is 2. The summed E-state index contributed by atoms with van der Waals surface area (Å²) in [5, 5.41) is 5.42. The van der Waals surface area contributed by atoms with Gasteiger partial charge in [-0.05, 0) is 48.5 Å². The molecule has 0 fully saturated rings. The first kappa shape index (κ1) is 22.6. The predicted octanol–water partition coefficient (Wildman–Crippen LogP) is 5.00. The third-order valence-electron chi connectivity index (χ3n) is 4.04. The third kappa shape index (κ3) is 5.75. The molecule has 0 heterocycles. The maximum atomic E-state index is 12.8. The zero-order chi connectivity index (χ0) is 22.6. The largest absolute Gasteiger partial charge is 0.326 e. The van der Waals surface area contributed by atoms with E-state index in [-0.39, 0.29) is 37.8 Å². The maximum Gasteiger partial charge on any atom is 0.263 e. The Morgan fingerprint density at radius 3 is 2.23 bits per heavy atom. The fourth-order valence-corrected chi connectivity index (χ4v) is 4.52. The van der Waals surface area contributed by atoms with Crippen LogP contribution >= 0.6 is 23.2 Å². The smallest absolute Gasteiger partial charge is 0.263 e. The molecule has 0 spiro atoms. The summed E-state index contributed by atoms with van der Waals surface area (Å²) < 4.78 is 28.0. The van der Waals surface area contributed by atoms with E-state index >= 15 is 0 Å². The SMILES string of the molecule is CC(=O)Nc1cccc(C(=O)Nc2ccc(Cl)c(S(=O)(=O)Nc3ccccc3Cl)c2)c1. The van der Waals surface area contributed by atoms with E-state index in [2.05, 4.69) is 15.4 Å². The van der Waals surface area contributed by atoms with Gasteiger partial charge in [-0.2, -0.15) is 0 Å². The number of halogens is 2. The van der Waals surface area contributed by atoms with E-state index < -0.39 is 15.9 Å². The normalized spacial score (nSPS) is 10.9. The molecule has 0 unspecified atom stereocenters. The highest BCUT2D eigenvalue weighted by molar-refractivity contribution is 7.92. The summed E-state index contributed by atoms with van der Waals surface area (Å²) in [5.41, 5.74) is 1.16. The number of benzene rings is 3. The number of amides is 2. The number of sulfonamides is 1. The van der Waals surface area contributed by atoms with Crippen LogP contribution in [0.15, 0.2) is 71.6 Å². The molecule has 0 aromatic heterocycles. The lowest BCUT2D eigenvalue weighted by molar-refractivity contribution is -0.114. The molecule has 0 radical (unpaired) electrons. The molecule has 7 nitrogen and oxygen atoms in total. The van der Waals surface area contributed by atoms with Gasteiger partial charge in [-0.25, -0.2) is 8.42 Å². The standard InChI is InChI=1S/C21H17Cl2N3O4S/c1-13(27)24-15-6-4-5-14(11-15)21(28)25-16-9-10-18(23)20(12-16)31(29,30)26-19-8-3-2-7-17(19)22/h2-12,26H,1H3,(H,24,27)(H,25,28). The fraction of sp³-hybridized carbons (Fsp3) is 0.0476. The molecule has 0 saturated heterocycles. The van der Waals surface area contributed by atoms with Gasteiger partial charge in [0.1, 0.15) is 4.90 Å². The first-order valence-corrected chi connectivity index (χ1v) is 11.2. The number of nitrogens with one attached hydrogen (secondary N) is 3. The molecule has 3 aromatic rings. The van der Waals surface area contributed by atoms with Gasteiger partial charge in [0.15, 0.2) is 0 Å². The van der Waals surface area contributed by atoms with E-state index in [1.807, 2.05) is 0 Å². The number of hydrogen-bond donors (Lipinski definition) is 3. The van der Waals surface area contributed by atoms with E-state index in [4.69, 9.17) is 23.2 Å². The van der Waals surface area contributed by atoms with Crippen LogP contribution in [0.5, 0.6) is 0 Å². The molecule has 10 heteroatoms. The Labute approximate surface area is 189 Å². The summed E-state index contributed by atoms with van der Waals surface area (Å²) in [4.78, 5) is 23.6. The van der Waals surface area contributed by atoms with Gasteiger partial charge >= 0.3 is 0 Å². The van der Waals surface area contributed by atoms with Gasteiger partial charge in [0.05, 0.1) is 15.7 Å². The van der Waals surface area contributed by atoms with Crippen LogP contribution in [0.1, 0.15) is 17.3 Å². The Morgan fingerprint density at radius 2 is 1.52 bits per heavy atom. The van der Waals surface area contributed by atoms with Crippen molar-refractivity contribution in [2.45, 2.75) is 11.8 Å². The van der Waals surface area contributed by atoms with Crippen LogP contribution in [0.2, 0.25) is 10.0 Å². The average molecular weight is 478 g/mol. The monoisotopic (exact) mass is 477 g/mol. The average Bonchev–Trinajstić information content (AvgIpc) is 2.70. The summed E-state index contributed by atoms with van der Waals surface area (Å²) in [6.45, 7) is 1.36. The Kier molecular flexibility index (Phi) is 6.84. The summed E-state index contributed by atoms with van der Waals surface area (Å²) >= 11 is 12.1. The van der Waals surface area contributed by atoms with E-state index in [1.54, 1.807) is 36.4 Å². The van der Waals surface area contributed by atoms with Crippen molar-refractivity contribution in [1.29, 1.82) is 0 Å². The molecule has 31 heavy (non-hydrogen) atoms. The molecular formula is C21H17Cl2N3O4S.